The fraction of sp³-hybridized carbons (Fsp3) is 0.111. The Balaban J connectivity index is 1.94. The Labute approximate surface area is 155 Å². The molecular weight excluding hydrogens is 363 g/mol. The smallest absolute Gasteiger partial charge is 0.266 e. The number of halogens is 2. The van der Waals surface area contributed by atoms with Crippen molar-refractivity contribution in [3.63, 3.8) is 0 Å². The lowest BCUT2D eigenvalue weighted by atomic mass is 10.2. The molecule has 1 aliphatic heterocycles. The van der Waals surface area contributed by atoms with Crippen LogP contribution in [0.3, 0.4) is 0 Å². The molecule has 1 saturated heterocycles. The van der Waals surface area contributed by atoms with Gasteiger partial charge in [0.2, 0.25) is 0 Å². The van der Waals surface area contributed by atoms with Gasteiger partial charge in [0, 0.05) is 11.6 Å². The summed E-state index contributed by atoms with van der Waals surface area (Å²) in [5, 5.41) is 1.86. The molecule has 24 heavy (non-hydrogen) atoms. The van der Waals surface area contributed by atoms with Gasteiger partial charge in [-0.1, -0.05) is 47.5 Å². The van der Waals surface area contributed by atoms with Crippen LogP contribution >= 0.6 is 35.0 Å². The zero-order valence-corrected chi connectivity index (χ0v) is 15.2. The number of thioether (sulfide) groups is 1. The van der Waals surface area contributed by atoms with Crippen LogP contribution in [-0.2, 0) is 4.79 Å². The van der Waals surface area contributed by atoms with Crippen molar-refractivity contribution in [2.45, 2.75) is 6.92 Å². The van der Waals surface area contributed by atoms with E-state index < -0.39 is 0 Å². The maximum Gasteiger partial charge on any atom is 0.266 e. The SMILES string of the molecule is CCN1C(=O)/C(=C\c2ccc(Cl)cc2)SC1=Nc1ccccc1Cl. The lowest BCUT2D eigenvalue weighted by molar-refractivity contribution is -0.122. The van der Waals surface area contributed by atoms with Crippen molar-refractivity contribution >= 4 is 57.8 Å². The zero-order valence-electron chi connectivity index (χ0n) is 12.9. The molecule has 3 nitrogen and oxygen atoms in total. The van der Waals surface area contributed by atoms with Crippen LogP contribution in [0.25, 0.3) is 6.08 Å². The van der Waals surface area contributed by atoms with Gasteiger partial charge in [0.25, 0.3) is 5.91 Å². The Morgan fingerprint density at radius 3 is 2.50 bits per heavy atom. The average molecular weight is 377 g/mol. The number of rotatable bonds is 3. The van der Waals surface area contributed by atoms with E-state index >= 15 is 0 Å². The number of carbonyl (C=O) groups is 1. The van der Waals surface area contributed by atoms with Gasteiger partial charge in [0.15, 0.2) is 5.17 Å². The highest BCUT2D eigenvalue weighted by molar-refractivity contribution is 8.18. The summed E-state index contributed by atoms with van der Waals surface area (Å²) < 4.78 is 0. The monoisotopic (exact) mass is 376 g/mol. The Bertz CT molecular complexity index is 831. The molecule has 122 valence electrons. The third-order valence-electron chi connectivity index (χ3n) is 3.44. The molecule has 3 rings (SSSR count). The Morgan fingerprint density at radius 2 is 1.83 bits per heavy atom. The quantitative estimate of drug-likeness (QED) is 0.651. The molecule has 0 unspecified atom stereocenters. The molecular formula is C18H14Cl2N2OS. The van der Waals surface area contributed by atoms with Crippen LogP contribution < -0.4 is 0 Å². The molecule has 1 aliphatic rings. The molecule has 2 aromatic carbocycles. The van der Waals surface area contributed by atoms with E-state index in [1.165, 1.54) is 11.8 Å². The lowest BCUT2D eigenvalue weighted by Gasteiger charge is -2.12. The number of benzene rings is 2. The predicted molar refractivity (Wildman–Crippen MR) is 103 cm³/mol. The number of aliphatic imine (C=N–C) groups is 1. The molecule has 2 aromatic rings. The summed E-state index contributed by atoms with van der Waals surface area (Å²) in [7, 11) is 0. The molecule has 1 fully saturated rings. The zero-order chi connectivity index (χ0) is 17.1. The van der Waals surface area contributed by atoms with E-state index in [-0.39, 0.29) is 5.91 Å². The minimum Gasteiger partial charge on any atom is -0.287 e. The first-order valence-electron chi connectivity index (χ1n) is 7.38. The van der Waals surface area contributed by atoms with Crippen LogP contribution in [-0.4, -0.2) is 22.5 Å². The fourth-order valence-corrected chi connectivity index (χ4v) is 3.59. The standard InChI is InChI=1S/C18H14Cl2N2OS/c1-2-22-17(23)16(11-12-7-9-13(19)10-8-12)24-18(22)21-15-6-4-3-5-14(15)20/h3-11H,2H2,1H3/b16-11+,21-18?. The van der Waals surface area contributed by atoms with E-state index in [2.05, 4.69) is 4.99 Å². The Kier molecular flexibility index (Phi) is 5.29. The van der Waals surface area contributed by atoms with Gasteiger partial charge in [-0.2, -0.15) is 0 Å². The van der Waals surface area contributed by atoms with Gasteiger partial charge in [-0.25, -0.2) is 4.99 Å². The third kappa shape index (κ3) is 3.66. The summed E-state index contributed by atoms with van der Waals surface area (Å²) in [6.07, 6.45) is 1.85. The van der Waals surface area contributed by atoms with Gasteiger partial charge in [-0.3, -0.25) is 9.69 Å². The number of hydrogen-bond donors (Lipinski definition) is 0. The minimum atomic E-state index is -0.0525. The van der Waals surface area contributed by atoms with Crippen molar-refractivity contribution in [1.82, 2.24) is 4.90 Å². The first kappa shape index (κ1) is 17.1. The molecule has 0 atom stereocenters. The highest BCUT2D eigenvalue weighted by atomic mass is 35.5. The lowest BCUT2D eigenvalue weighted by Crippen LogP contribution is -2.28. The molecule has 0 spiro atoms. The van der Waals surface area contributed by atoms with E-state index in [0.29, 0.717) is 32.4 Å². The van der Waals surface area contributed by atoms with Crippen LogP contribution in [0.2, 0.25) is 10.0 Å². The molecule has 1 heterocycles. The molecule has 0 bridgehead atoms. The van der Waals surface area contributed by atoms with Crippen LogP contribution in [0.15, 0.2) is 58.4 Å². The van der Waals surface area contributed by atoms with Gasteiger partial charge >= 0.3 is 0 Å². The second-order valence-corrected chi connectivity index (χ2v) is 6.91. The van der Waals surface area contributed by atoms with E-state index in [4.69, 9.17) is 23.2 Å². The molecule has 0 aliphatic carbocycles. The van der Waals surface area contributed by atoms with Crippen LogP contribution in [0.5, 0.6) is 0 Å². The maximum atomic E-state index is 12.6. The van der Waals surface area contributed by atoms with Gasteiger partial charge < -0.3 is 0 Å². The van der Waals surface area contributed by atoms with Gasteiger partial charge in [0.1, 0.15) is 0 Å². The second kappa shape index (κ2) is 7.43. The molecule has 0 N–H and O–H groups in total. The average Bonchev–Trinajstić information content (AvgIpc) is 2.87. The number of hydrogen-bond acceptors (Lipinski definition) is 3. The van der Waals surface area contributed by atoms with Crippen molar-refractivity contribution in [3.05, 3.63) is 69.0 Å². The largest absolute Gasteiger partial charge is 0.287 e. The molecule has 1 amide bonds. The predicted octanol–water partition coefficient (Wildman–Crippen LogP) is 5.62. The molecule has 0 saturated carbocycles. The molecule has 0 radical (unpaired) electrons. The number of nitrogens with zero attached hydrogens (tertiary/aromatic N) is 2. The van der Waals surface area contributed by atoms with Gasteiger partial charge in [0.05, 0.1) is 15.6 Å². The van der Waals surface area contributed by atoms with Crippen molar-refractivity contribution < 1.29 is 4.79 Å². The fourth-order valence-electron chi connectivity index (χ4n) is 2.23. The first-order valence-corrected chi connectivity index (χ1v) is 8.96. The van der Waals surface area contributed by atoms with E-state index in [0.717, 1.165) is 5.56 Å². The maximum absolute atomic E-state index is 12.6. The molecule has 0 aromatic heterocycles. The van der Waals surface area contributed by atoms with Crippen molar-refractivity contribution in [2.75, 3.05) is 6.54 Å². The van der Waals surface area contributed by atoms with E-state index in [1.54, 1.807) is 23.1 Å². The third-order valence-corrected chi connectivity index (χ3v) is 5.02. The van der Waals surface area contributed by atoms with E-state index in [9.17, 15) is 4.79 Å². The molecule has 6 heteroatoms. The number of carbonyl (C=O) groups excluding carboxylic acids is 1. The topological polar surface area (TPSA) is 32.7 Å². The Morgan fingerprint density at radius 1 is 1.12 bits per heavy atom. The number of amidine groups is 1. The van der Waals surface area contributed by atoms with Crippen LogP contribution in [0.1, 0.15) is 12.5 Å². The van der Waals surface area contributed by atoms with Crippen molar-refractivity contribution in [3.8, 4) is 0 Å². The number of likely N-dealkylation sites (N-methyl/N-ethyl adjacent to an activating group) is 1. The van der Waals surface area contributed by atoms with Crippen LogP contribution in [0, 0.1) is 0 Å². The second-order valence-electron chi connectivity index (χ2n) is 5.06. The Hall–Kier alpha value is -1.75. The normalized spacial score (nSPS) is 18.0. The van der Waals surface area contributed by atoms with Gasteiger partial charge in [-0.15, -0.1) is 0 Å². The number of para-hydroxylation sites is 1. The summed E-state index contributed by atoms with van der Waals surface area (Å²) in [5.41, 5.74) is 1.57. The van der Waals surface area contributed by atoms with Crippen molar-refractivity contribution in [2.24, 2.45) is 4.99 Å². The summed E-state index contributed by atoms with van der Waals surface area (Å²) in [6.45, 7) is 2.47. The highest BCUT2D eigenvalue weighted by Crippen LogP contribution is 2.35. The summed E-state index contributed by atoms with van der Waals surface area (Å²) >= 11 is 13.4. The van der Waals surface area contributed by atoms with Crippen molar-refractivity contribution in [1.29, 1.82) is 0 Å². The summed E-state index contributed by atoms with van der Waals surface area (Å²) in [6, 6.07) is 14.7. The first-order chi connectivity index (χ1) is 11.6. The van der Waals surface area contributed by atoms with Gasteiger partial charge in [-0.05, 0) is 54.6 Å². The minimum absolute atomic E-state index is 0.0525. The summed E-state index contributed by atoms with van der Waals surface area (Å²) in [4.78, 5) is 19.4. The summed E-state index contributed by atoms with van der Waals surface area (Å²) in [5.74, 6) is -0.0525. The van der Waals surface area contributed by atoms with E-state index in [1.807, 2.05) is 43.3 Å². The number of amides is 1. The highest BCUT2D eigenvalue weighted by Gasteiger charge is 2.32. The van der Waals surface area contributed by atoms with Crippen LogP contribution in [0.4, 0.5) is 5.69 Å².